The molecule has 154 valence electrons. The summed E-state index contributed by atoms with van der Waals surface area (Å²) in [7, 11) is 1.55. The van der Waals surface area contributed by atoms with E-state index in [1.807, 2.05) is 5.32 Å². The van der Waals surface area contributed by atoms with Crippen molar-refractivity contribution in [1.82, 2.24) is 21.3 Å². The smallest absolute Gasteiger partial charge is 0.326 e. The van der Waals surface area contributed by atoms with Crippen molar-refractivity contribution in [3.63, 3.8) is 0 Å². The Kier molecular flexibility index (Phi) is 11.9. The molecule has 0 aliphatic rings. The van der Waals surface area contributed by atoms with Crippen LogP contribution in [0.2, 0.25) is 0 Å². The zero-order valence-corrected chi connectivity index (χ0v) is 15.0. The summed E-state index contributed by atoms with van der Waals surface area (Å²) in [6.45, 7) is -0.361. The number of hydrogen-bond acceptors (Lipinski definition) is 6. The van der Waals surface area contributed by atoms with Crippen molar-refractivity contribution >= 4 is 29.8 Å². The lowest BCUT2D eigenvalue weighted by atomic mass is 10.1. The van der Waals surface area contributed by atoms with Crippen molar-refractivity contribution in [2.24, 2.45) is 0 Å². The Morgan fingerprint density at radius 1 is 0.852 bits per heavy atom. The molecule has 0 aliphatic heterocycles. The number of aliphatic carboxylic acids is 3. The molecular formula is C15H26N4O8. The van der Waals surface area contributed by atoms with Crippen LogP contribution in [0.5, 0.6) is 0 Å². The van der Waals surface area contributed by atoms with Gasteiger partial charge in [-0.3, -0.25) is 14.4 Å². The molecule has 0 heterocycles. The Labute approximate surface area is 155 Å². The number of hydrogen-bond donors (Lipinski definition) is 7. The molecule has 0 aromatic carbocycles. The summed E-state index contributed by atoms with van der Waals surface area (Å²) in [5.41, 5.74) is 0. The van der Waals surface area contributed by atoms with E-state index in [1.165, 1.54) is 0 Å². The van der Waals surface area contributed by atoms with Crippen LogP contribution in [0, 0.1) is 0 Å². The minimum absolute atomic E-state index is 0.0974. The lowest BCUT2D eigenvalue weighted by molar-refractivity contribution is -0.139. The average molecular weight is 390 g/mol. The number of rotatable bonds is 14. The third kappa shape index (κ3) is 12.2. The molecule has 0 aromatic heterocycles. The van der Waals surface area contributed by atoms with Crippen LogP contribution in [0.1, 0.15) is 32.1 Å². The molecule has 7 N–H and O–H groups in total. The van der Waals surface area contributed by atoms with Crippen molar-refractivity contribution in [2.75, 3.05) is 20.1 Å². The van der Waals surface area contributed by atoms with Gasteiger partial charge in [-0.15, -0.1) is 0 Å². The first-order chi connectivity index (χ1) is 12.7. The first-order valence-electron chi connectivity index (χ1n) is 8.33. The normalized spacial score (nSPS) is 12.5. The van der Waals surface area contributed by atoms with Crippen molar-refractivity contribution in [3.05, 3.63) is 0 Å². The summed E-state index contributed by atoms with van der Waals surface area (Å²) < 4.78 is 0. The van der Waals surface area contributed by atoms with E-state index in [0.29, 0.717) is 12.8 Å². The molecule has 0 aliphatic carbocycles. The number of unbranched alkanes of at least 4 members (excludes halogenated alkanes) is 1. The predicted molar refractivity (Wildman–Crippen MR) is 92.2 cm³/mol. The van der Waals surface area contributed by atoms with Gasteiger partial charge in [0.2, 0.25) is 5.91 Å². The molecule has 0 saturated heterocycles. The van der Waals surface area contributed by atoms with Gasteiger partial charge < -0.3 is 36.6 Å². The van der Waals surface area contributed by atoms with Crippen LogP contribution >= 0.6 is 0 Å². The second kappa shape index (κ2) is 13.3. The second-order valence-electron chi connectivity index (χ2n) is 5.67. The van der Waals surface area contributed by atoms with E-state index in [1.54, 1.807) is 7.05 Å². The highest BCUT2D eigenvalue weighted by atomic mass is 16.4. The molecule has 0 rings (SSSR count). The van der Waals surface area contributed by atoms with Crippen LogP contribution in [-0.2, 0) is 19.2 Å². The zero-order valence-electron chi connectivity index (χ0n) is 15.0. The van der Waals surface area contributed by atoms with Gasteiger partial charge in [0.15, 0.2) is 0 Å². The number of carboxylic acids is 3. The summed E-state index contributed by atoms with van der Waals surface area (Å²) in [5.74, 6) is -3.85. The first kappa shape index (κ1) is 24.1. The Morgan fingerprint density at radius 2 is 1.52 bits per heavy atom. The fraction of sp³-hybridized carbons (Fsp3) is 0.667. The van der Waals surface area contributed by atoms with E-state index < -0.39 is 42.6 Å². The molecule has 12 heteroatoms. The minimum atomic E-state index is -1.26. The van der Waals surface area contributed by atoms with Crippen molar-refractivity contribution in [3.8, 4) is 0 Å². The van der Waals surface area contributed by atoms with Crippen LogP contribution in [0.3, 0.4) is 0 Å². The zero-order chi connectivity index (χ0) is 20.8. The standard InChI is InChI=1S/C15H26N4O8/c1-16-9(5-6-11(20)21)13(24)17-7-3-2-4-10(14(25)26)19-15(27)18-8-12(22)23/h9-10,16H,2-8H2,1H3,(H,17,24)(H,20,21)(H,22,23)(H,25,26)(H2,18,19,27). The number of carboxylic acid groups (broad SMARTS) is 3. The highest BCUT2D eigenvalue weighted by Gasteiger charge is 2.20. The van der Waals surface area contributed by atoms with E-state index in [9.17, 15) is 24.0 Å². The quantitative estimate of drug-likeness (QED) is 0.174. The predicted octanol–water partition coefficient (Wildman–Crippen LogP) is -1.44. The number of amides is 3. The SMILES string of the molecule is CNC(CCC(=O)O)C(=O)NCCCCC(NC(=O)NCC(=O)O)C(=O)O. The van der Waals surface area contributed by atoms with Gasteiger partial charge in [0.1, 0.15) is 12.6 Å². The topological polar surface area (TPSA) is 194 Å². The fourth-order valence-corrected chi connectivity index (χ4v) is 2.11. The second-order valence-corrected chi connectivity index (χ2v) is 5.67. The number of nitrogens with one attached hydrogen (secondary N) is 4. The third-order valence-corrected chi connectivity index (χ3v) is 3.53. The Balaban J connectivity index is 4.14. The molecule has 0 spiro atoms. The molecule has 0 radical (unpaired) electrons. The maximum Gasteiger partial charge on any atom is 0.326 e. The first-order valence-corrected chi connectivity index (χ1v) is 8.33. The van der Waals surface area contributed by atoms with Crippen LogP contribution in [-0.4, -0.2) is 77.4 Å². The number of likely N-dealkylation sites (N-methyl/N-ethyl adjacent to an activating group) is 1. The third-order valence-electron chi connectivity index (χ3n) is 3.53. The molecule has 27 heavy (non-hydrogen) atoms. The fourth-order valence-electron chi connectivity index (χ4n) is 2.11. The maximum atomic E-state index is 11.9. The molecule has 2 atom stereocenters. The molecule has 12 nitrogen and oxygen atoms in total. The van der Waals surface area contributed by atoms with Crippen LogP contribution < -0.4 is 21.3 Å². The summed E-state index contributed by atoms with van der Waals surface area (Å²) in [4.78, 5) is 55.3. The monoisotopic (exact) mass is 390 g/mol. The van der Waals surface area contributed by atoms with E-state index in [4.69, 9.17) is 15.3 Å². The molecule has 0 bridgehead atoms. The molecule has 0 saturated carbocycles. The van der Waals surface area contributed by atoms with Gasteiger partial charge in [0.05, 0.1) is 6.04 Å². The van der Waals surface area contributed by atoms with Crippen molar-refractivity contribution in [1.29, 1.82) is 0 Å². The van der Waals surface area contributed by atoms with Crippen LogP contribution in [0.15, 0.2) is 0 Å². The molecule has 0 aromatic rings. The van der Waals surface area contributed by atoms with E-state index in [-0.39, 0.29) is 31.7 Å². The largest absolute Gasteiger partial charge is 0.481 e. The average Bonchev–Trinajstić information content (AvgIpc) is 2.58. The minimum Gasteiger partial charge on any atom is -0.481 e. The van der Waals surface area contributed by atoms with Gasteiger partial charge in [-0.25, -0.2) is 9.59 Å². The van der Waals surface area contributed by atoms with Gasteiger partial charge in [-0.1, -0.05) is 0 Å². The summed E-state index contributed by atoms with van der Waals surface area (Å²) in [5, 5.41) is 35.7. The van der Waals surface area contributed by atoms with Crippen LogP contribution in [0.25, 0.3) is 0 Å². The van der Waals surface area contributed by atoms with Gasteiger partial charge in [-0.2, -0.15) is 0 Å². The Hall–Kier alpha value is -2.89. The van der Waals surface area contributed by atoms with E-state index in [2.05, 4.69) is 16.0 Å². The number of carbonyl (C=O) groups is 5. The van der Waals surface area contributed by atoms with Crippen molar-refractivity contribution < 1.29 is 39.3 Å². The molecule has 2 unspecified atom stereocenters. The maximum absolute atomic E-state index is 11.9. The lowest BCUT2D eigenvalue weighted by Crippen LogP contribution is -2.47. The molecular weight excluding hydrogens is 364 g/mol. The number of urea groups is 1. The van der Waals surface area contributed by atoms with Gasteiger partial charge >= 0.3 is 23.9 Å². The van der Waals surface area contributed by atoms with Gasteiger partial charge in [-0.05, 0) is 32.7 Å². The lowest BCUT2D eigenvalue weighted by Gasteiger charge is -2.16. The highest BCUT2D eigenvalue weighted by molar-refractivity contribution is 5.84. The summed E-state index contributed by atoms with van der Waals surface area (Å²) >= 11 is 0. The Bertz CT molecular complexity index is 540. The highest BCUT2D eigenvalue weighted by Crippen LogP contribution is 2.02. The van der Waals surface area contributed by atoms with Crippen LogP contribution in [0.4, 0.5) is 4.79 Å². The van der Waals surface area contributed by atoms with Gasteiger partial charge in [0, 0.05) is 13.0 Å². The van der Waals surface area contributed by atoms with E-state index >= 15 is 0 Å². The summed E-state index contributed by atoms with van der Waals surface area (Å²) in [6.07, 6.45) is 0.933. The van der Waals surface area contributed by atoms with Crippen molar-refractivity contribution in [2.45, 2.75) is 44.2 Å². The Morgan fingerprint density at radius 3 is 2.04 bits per heavy atom. The summed E-state index contributed by atoms with van der Waals surface area (Å²) in [6, 6.07) is -2.71. The number of carbonyl (C=O) groups excluding carboxylic acids is 2. The van der Waals surface area contributed by atoms with E-state index in [0.717, 1.165) is 0 Å². The van der Waals surface area contributed by atoms with Gasteiger partial charge in [0.25, 0.3) is 0 Å². The molecule has 3 amide bonds. The molecule has 0 fully saturated rings.